The maximum atomic E-state index is 9.21. The number of aromatic nitrogens is 1. The van der Waals surface area contributed by atoms with Gasteiger partial charge in [0.1, 0.15) is 6.10 Å². The van der Waals surface area contributed by atoms with E-state index < -0.39 is 0 Å². The highest BCUT2D eigenvalue weighted by atomic mass is 35.5. The second kappa shape index (κ2) is 5.68. The normalized spacial score (nSPS) is 26.2. The van der Waals surface area contributed by atoms with Gasteiger partial charge in [0.2, 0.25) is 5.88 Å². The minimum absolute atomic E-state index is 0.0930. The Hall–Kier alpha value is -0.800. The molecule has 106 valence electrons. The van der Waals surface area contributed by atoms with Gasteiger partial charge in [-0.15, -0.1) is 0 Å². The molecule has 2 unspecified atom stereocenters. The predicted octanol–water partition coefficient (Wildman–Crippen LogP) is 3.82. The van der Waals surface area contributed by atoms with Crippen molar-refractivity contribution in [3.05, 3.63) is 22.8 Å². The lowest BCUT2D eigenvalue weighted by Gasteiger charge is -2.38. The zero-order valence-corrected chi connectivity index (χ0v) is 12.6. The van der Waals surface area contributed by atoms with Crippen molar-refractivity contribution in [1.29, 1.82) is 0 Å². The number of rotatable bonds is 3. The average molecular weight is 284 g/mol. The number of hydrogen-bond donors (Lipinski definition) is 1. The third-order valence-electron chi connectivity index (χ3n) is 3.71. The summed E-state index contributed by atoms with van der Waals surface area (Å²) in [6.07, 6.45) is 5.07. The fourth-order valence-corrected chi connectivity index (χ4v) is 3.33. The first-order chi connectivity index (χ1) is 8.89. The topological polar surface area (TPSA) is 42.4 Å². The second-order valence-electron chi connectivity index (χ2n) is 6.43. The quantitative estimate of drug-likeness (QED) is 0.917. The van der Waals surface area contributed by atoms with Crippen LogP contribution in [-0.4, -0.2) is 16.2 Å². The van der Waals surface area contributed by atoms with Gasteiger partial charge in [-0.25, -0.2) is 4.98 Å². The zero-order valence-electron chi connectivity index (χ0n) is 11.8. The van der Waals surface area contributed by atoms with Crippen molar-refractivity contribution in [2.24, 2.45) is 11.3 Å². The third-order valence-corrected chi connectivity index (χ3v) is 4.05. The summed E-state index contributed by atoms with van der Waals surface area (Å²) in [4.78, 5) is 4.19. The van der Waals surface area contributed by atoms with Crippen molar-refractivity contribution in [2.45, 2.75) is 52.7 Å². The summed E-state index contributed by atoms with van der Waals surface area (Å²) < 4.78 is 5.98. The van der Waals surface area contributed by atoms with E-state index in [4.69, 9.17) is 16.3 Å². The molecule has 19 heavy (non-hydrogen) atoms. The summed E-state index contributed by atoms with van der Waals surface area (Å²) in [5, 5.41) is 9.68. The lowest BCUT2D eigenvalue weighted by molar-refractivity contribution is 0.0531. The van der Waals surface area contributed by atoms with Crippen molar-refractivity contribution in [2.75, 3.05) is 0 Å². The van der Waals surface area contributed by atoms with E-state index in [0.717, 1.165) is 12.8 Å². The van der Waals surface area contributed by atoms with Gasteiger partial charge in [-0.2, -0.15) is 0 Å². The third kappa shape index (κ3) is 3.83. The highest BCUT2D eigenvalue weighted by Crippen LogP contribution is 2.39. The smallest absolute Gasteiger partial charge is 0.213 e. The van der Waals surface area contributed by atoms with E-state index in [1.165, 1.54) is 6.42 Å². The van der Waals surface area contributed by atoms with Crippen LogP contribution in [0.5, 0.6) is 5.88 Å². The number of halogens is 1. The molecule has 2 atom stereocenters. The Morgan fingerprint density at radius 2 is 2.21 bits per heavy atom. The van der Waals surface area contributed by atoms with Crippen LogP contribution in [0.2, 0.25) is 5.02 Å². The number of nitrogens with zero attached hydrogens (tertiary/aromatic N) is 1. The van der Waals surface area contributed by atoms with E-state index in [-0.39, 0.29) is 12.7 Å². The fourth-order valence-electron chi connectivity index (χ4n) is 3.16. The Balaban J connectivity index is 2.08. The van der Waals surface area contributed by atoms with Gasteiger partial charge in [-0.05, 0) is 30.6 Å². The van der Waals surface area contributed by atoms with E-state index >= 15 is 0 Å². The Bertz CT molecular complexity index is 448. The molecule has 1 aliphatic carbocycles. The first-order valence-corrected chi connectivity index (χ1v) is 7.19. The van der Waals surface area contributed by atoms with Gasteiger partial charge in [0.15, 0.2) is 0 Å². The van der Waals surface area contributed by atoms with Gasteiger partial charge in [-0.3, -0.25) is 0 Å². The molecule has 1 aromatic rings. The van der Waals surface area contributed by atoms with E-state index in [9.17, 15) is 5.11 Å². The molecule has 1 heterocycles. The maximum Gasteiger partial charge on any atom is 0.213 e. The molecule has 0 amide bonds. The first-order valence-electron chi connectivity index (χ1n) is 6.81. The highest BCUT2D eigenvalue weighted by Gasteiger charge is 2.33. The summed E-state index contributed by atoms with van der Waals surface area (Å²) in [6.45, 7) is 6.75. The highest BCUT2D eigenvalue weighted by molar-refractivity contribution is 6.31. The number of hydrogen-bond acceptors (Lipinski definition) is 3. The van der Waals surface area contributed by atoms with Crippen LogP contribution in [0.1, 0.15) is 45.6 Å². The number of aliphatic hydroxyl groups excluding tert-OH is 1. The van der Waals surface area contributed by atoms with Crippen LogP contribution >= 0.6 is 11.6 Å². The molecular weight excluding hydrogens is 262 g/mol. The minimum atomic E-state index is -0.0930. The summed E-state index contributed by atoms with van der Waals surface area (Å²) in [5.41, 5.74) is 0.976. The predicted molar refractivity (Wildman–Crippen MR) is 76.4 cm³/mol. The molecule has 1 aliphatic rings. The molecule has 0 saturated heterocycles. The SMILES string of the molecule is CC1CC(Oc2cc(CO)c(Cl)cn2)CC(C)(C)C1. The average Bonchev–Trinajstić information content (AvgIpc) is 2.29. The standard InChI is InChI=1S/C15H22ClNO2/c1-10-4-12(7-15(2,3)6-10)19-14-5-11(9-18)13(16)8-17-14/h5,8,10,12,18H,4,6-7,9H2,1-3H3. The Morgan fingerprint density at radius 3 is 2.84 bits per heavy atom. The fraction of sp³-hybridized carbons (Fsp3) is 0.667. The van der Waals surface area contributed by atoms with E-state index in [0.29, 0.717) is 27.8 Å². The van der Waals surface area contributed by atoms with Crippen LogP contribution in [0, 0.1) is 11.3 Å². The molecule has 4 heteroatoms. The summed E-state index contributed by atoms with van der Waals surface area (Å²) >= 11 is 5.93. The van der Waals surface area contributed by atoms with Gasteiger partial charge in [0.05, 0.1) is 11.6 Å². The molecule has 1 saturated carbocycles. The van der Waals surface area contributed by atoms with Crippen LogP contribution in [0.25, 0.3) is 0 Å². The van der Waals surface area contributed by atoms with Crippen LogP contribution < -0.4 is 4.74 Å². The summed E-state index contributed by atoms with van der Waals surface area (Å²) in [6, 6.07) is 1.73. The van der Waals surface area contributed by atoms with Crippen molar-refractivity contribution in [1.82, 2.24) is 4.98 Å². The Morgan fingerprint density at radius 1 is 1.47 bits per heavy atom. The Kier molecular flexibility index (Phi) is 4.36. The van der Waals surface area contributed by atoms with Crippen LogP contribution in [0.3, 0.4) is 0 Å². The molecule has 0 radical (unpaired) electrons. The number of ether oxygens (including phenoxy) is 1. The molecule has 1 fully saturated rings. The van der Waals surface area contributed by atoms with Gasteiger partial charge < -0.3 is 9.84 Å². The molecule has 0 aromatic carbocycles. The molecule has 1 N–H and O–H groups in total. The number of aliphatic hydroxyl groups is 1. The number of pyridine rings is 1. The summed E-state index contributed by atoms with van der Waals surface area (Å²) in [7, 11) is 0. The summed E-state index contributed by atoms with van der Waals surface area (Å²) in [5.74, 6) is 1.22. The monoisotopic (exact) mass is 283 g/mol. The molecule has 0 bridgehead atoms. The van der Waals surface area contributed by atoms with Crippen molar-refractivity contribution in [3.8, 4) is 5.88 Å². The lowest BCUT2D eigenvalue weighted by Crippen LogP contribution is -2.34. The second-order valence-corrected chi connectivity index (χ2v) is 6.83. The molecular formula is C15H22ClNO2. The van der Waals surface area contributed by atoms with Gasteiger partial charge in [0.25, 0.3) is 0 Å². The van der Waals surface area contributed by atoms with Crippen LogP contribution in [0.15, 0.2) is 12.3 Å². The molecule has 3 nitrogen and oxygen atoms in total. The van der Waals surface area contributed by atoms with Crippen LogP contribution in [0.4, 0.5) is 0 Å². The van der Waals surface area contributed by atoms with Crippen LogP contribution in [-0.2, 0) is 6.61 Å². The van der Waals surface area contributed by atoms with Crippen molar-refractivity contribution >= 4 is 11.6 Å². The first kappa shape index (κ1) is 14.6. The molecule has 1 aromatic heterocycles. The molecule has 0 aliphatic heterocycles. The minimum Gasteiger partial charge on any atom is -0.474 e. The van der Waals surface area contributed by atoms with E-state index in [1.54, 1.807) is 12.3 Å². The molecule has 2 rings (SSSR count). The zero-order chi connectivity index (χ0) is 14.0. The van der Waals surface area contributed by atoms with Crippen molar-refractivity contribution < 1.29 is 9.84 Å². The lowest BCUT2D eigenvalue weighted by atomic mass is 9.71. The van der Waals surface area contributed by atoms with Gasteiger partial charge >= 0.3 is 0 Å². The van der Waals surface area contributed by atoms with Gasteiger partial charge in [0, 0.05) is 17.8 Å². The van der Waals surface area contributed by atoms with Gasteiger partial charge in [-0.1, -0.05) is 32.4 Å². The van der Waals surface area contributed by atoms with E-state index in [2.05, 4.69) is 25.8 Å². The van der Waals surface area contributed by atoms with E-state index in [1.807, 2.05) is 0 Å². The van der Waals surface area contributed by atoms with Crippen molar-refractivity contribution in [3.63, 3.8) is 0 Å². The Labute approximate surface area is 120 Å². The molecule has 0 spiro atoms. The largest absolute Gasteiger partial charge is 0.474 e. The maximum absolute atomic E-state index is 9.21.